The molecule has 4 heteroatoms. The van der Waals surface area contributed by atoms with E-state index in [1.54, 1.807) is 0 Å². The lowest BCUT2D eigenvalue weighted by Crippen LogP contribution is -2.46. The SMILES string of the molecule is CCc1nn(C)cc1N1CCC(N)C(C)C1. The first-order valence-electron chi connectivity index (χ1n) is 6.14. The molecule has 2 unspecified atom stereocenters. The summed E-state index contributed by atoms with van der Waals surface area (Å²) in [6.45, 7) is 6.51. The molecular weight excluding hydrogens is 200 g/mol. The third-order valence-corrected chi connectivity index (χ3v) is 3.53. The van der Waals surface area contributed by atoms with Crippen molar-refractivity contribution in [3.05, 3.63) is 11.9 Å². The summed E-state index contributed by atoms with van der Waals surface area (Å²) in [6, 6.07) is 0.359. The van der Waals surface area contributed by atoms with Gasteiger partial charge in [0.1, 0.15) is 0 Å². The van der Waals surface area contributed by atoms with Crippen LogP contribution in [0.4, 0.5) is 5.69 Å². The fraction of sp³-hybridized carbons (Fsp3) is 0.750. The van der Waals surface area contributed by atoms with E-state index in [1.165, 1.54) is 11.4 Å². The van der Waals surface area contributed by atoms with E-state index in [9.17, 15) is 0 Å². The molecule has 2 heterocycles. The highest BCUT2D eigenvalue weighted by molar-refractivity contribution is 5.50. The van der Waals surface area contributed by atoms with Crippen molar-refractivity contribution < 1.29 is 0 Å². The summed E-state index contributed by atoms with van der Waals surface area (Å²) in [4.78, 5) is 2.43. The van der Waals surface area contributed by atoms with Crippen LogP contribution in [0.3, 0.4) is 0 Å². The topological polar surface area (TPSA) is 47.1 Å². The van der Waals surface area contributed by atoms with Gasteiger partial charge in [-0.25, -0.2) is 0 Å². The summed E-state index contributed by atoms with van der Waals surface area (Å²) in [5.41, 5.74) is 8.54. The summed E-state index contributed by atoms with van der Waals surface area (Å²) < 4.78 is 1.91. The smallest absolute Gasteiger partial charge is 0.0855 e. The molecule has 1 aliphatic heterocycles. The third-order valence-electron chi connectivity index (χ3n) is 3.53. The number of piperidine rings is 1. The number of hydrogen-bond donors (Lipinski definition) is 1. The van der Waals surface area contributed by atoms with E-state index in [1.807, 2.05) is 11.7 Å². The van der Waals surface area contributed by atoms with Gasteiger partial charge in [-0.3, -0.25) is 4.68 Å². The van der Waals surface area contributed by atoms with Gasteiger partial charge >= 0.3 is 0 Å². The van der Waals surface area contributed by atoms with Gasteiger partial charge in [0.2, 0.25) is 0 Å². The Kier molecular flexibility index (Phi) is 3.19. The fourth-order valence-corrected chi connectivity index (χ4v) is 2.42. The van der Waals surface area contributed by atoms with Crippen LogP contribution in [-0.4, -0.2) is 28.9 Å². The molecule has 2 N–H and O–H groups in total. The molecule has 0 bridgehead atoms. The molecule has 0 aromatic carbocycles. The third kappa shape index (κ3) is 2.07. The fourth-order valence-electron chi connectivity index (χ4n) is 2.42. The van der Waals surface area contributed by atoms with Crippen LogP contribution in [0.5, 0.6) is 0 Å². The molecule has 1 aliphatic rings. The molecule has 2 atom stereocenters. The van der Waals surface area contributed by atoms with Crippen molar-refractivity contribution in [1.82, 2.24) is 9.78 Å². The highest BCUT2D eigenvalue weighted by Crippen LogP contribution is 2.25. The Morgan fingerprint density at radius 2 is 2.31 bits per heavy atom. The Bertz CT molecular complexity index is 358. The molecule has 1 aromatic heterocycles. The van der Waals surface area contributed by atoms with Crippen LogP contribution in [0.1, 0.15) is 26.0 Å². The van der Waals surface area contributed by atoms with E-state index in [-0.39, 0.29) is 0 Å². The number of aryl methyl sites for hydroxylation is 2. The lowest BCUT2D eigenvalue weighted by atomic mass is 9.94. The number of hydrogen-bond acceptors (Lipinski definition) is 3. The largest absolute Gasteiger partial charge is 0.368 e. The van der Waals surface area contributed by atoms with E-state index in [0.717, 1.165) is 25.9 Å². The Morgan fingerprint density at radius 1 is 1.56 bits per heavy atom. The van der Waals surface area contributed by atoms with E-state index < -0.39 is 0 Å². The molecule has 0 aliphatic carbocycles. The van der Waals surface area contributed by atoms with Crippen LogP contribution in [0, 0.1) is 5.92 Å². The van der Waals surface area contributed by atoms with Gasteiger partial charge in [0.25, 0.3) is 0 Å². The Labute approximate surface area is 97.4 Å². The number of nitrogens with two attached hydrogens (primary N) is 1. The number of aromatic nitrogens is 2. The van der Waals surface area contributed by atoms with E-state index in [0.29, 0.717) is 12.0 Å². The second-order valence-electron chi connectivity index (χ2n) is 4.86. The molecule has 90 valence electrons. The van der Waals surface area contributed by atoms with Crippen LogP contribution in [0.15, 0.2) is 6.20 Å². The van der Waals surface area contributed by atoms with Gasteiger partial charge in [-0.2, -0.15) is 5.10 Å². The number of nitrogens with zero attached hydrogens (tertiary/aromatic N) is 3. The molecular formula is C12H22N4. The summed E-state index contributed by atoms with van der Waals surface area (Å²) in [5.74, 6) is 0.568. The van der Waals surface area contributed by atoms with Gasteiger partial charge in [-0.15, -0.1) is 0 Å². The van der Waals surface area contributed by atoms with Crippen LogP contribution in [0.2, 0.25) is 0 Å². The molecule has 1 aromatic rings. The van der Waals surface area contributed by atoms with Crippen LogP contribution < -0.4 is 10.6 Å². The average Bonchev–Trinajstić information content (AvgIpc) is 2.63. The van der Waals surface area contributed by atoms with Gasteiger partial charge in [-0.05, 0) is 18.8 Å². The van der Waals surface area contributed by atoms with E-state index in [2.05, 4.69) is 30.0 Å². The quantitative estimate of drug-likeness (QED) is 0.816. The minimum absolute atomic E-state index is 0.359. The lowest BCUT2D eigenvalue weighted by molar-refractivity contribution is 0.382. The first-order valence-corrected chi connectivity index (χ1v) is 6.14. The Morgan fingerprint density at radius 3 is 2.94 bits per heavy atom. The first kappa shape index (κ1) is 11.5. The molecule has 1 fully saturated rings. The maximum Gasteiger partial charge on any atom is 0.0855 e. The van der Waals surface area contributed by atoms with Gasteiger partial charge in [0.15, 0.2) is 0 Å². The average molecular weight is 222 g/mol. The van der Waals surface area contributed by atoms with Crippen molar-refractivity contribution in [1.29, 1.82) is 0 Å². The van der Waals surface area contributed by atoms with Gasteiger partial charge < -0.3 is 10.6 Å². The minimum atomic E-state index is 0.359. The molecule has 0 radical (unpaired) electrons. The predicted molar refractivity (Wildman–Crippen MR) is 66.6 cm³/mol. The zero-order chi connectivity index (χ0) is 11.7. The normalized spacial score (nSPS) is 26.1. The highest BCUT2D eigenvalue weighted by Gasteiger charge is 2.25. The second kappa shape index (κ2) is 4.45. The summed E-state index contributed by atoms with van der Waals surface area (Å²) >= 11 is 0. The Balaban J connectivity index is 2.17. The molecule has 0 amide bonds. The molecule has 4 nitrogen and oxygen atoms in total. The zero-order valence-electron chi connectivity index (χ0n) is 10.5. The standard InChI is InChI=1S/C12H22N4/c1-4-11-12(8-15(3)14-11)16-6-5-10(13)9(2)7-16/h8-10H,4-7,13H2,1-3H3. The highest BCUT2D eigenvalue weighted by atomic mass is 15.3. The van der Waals surface area contributed by atoms with Gasteiger partial charge in [0, 0.05) is 32.4 Å². The number of rotatable bonds is 2. The van der Waals surface area contributed by atoms with E-state index >= 15 is 0 Å². The first-order chi connectivity index (χ1) is 7.61. The maximum absolute atomic E-state index is 6.05. The second-order valence-corrected chi connectivity index (χ2v) is 4.86. The zero-order valence-corrected chi connectivity index (χ0v) is 10.5. The van der Waals surface area contributed by atoms with Crippen molar-refractivity contribution in [2.75, 3.05) is 18.0 Å². The Hall–Kier alpha value is -1.03. The van der Waals surface area contributed by atoms with E-state index in [4.69, 9.17) is 5.73 Å². The van der Waals surface area contributed by atoms with Crippen molar-refractivity contribution in [3.8, 4) is 0 Å². The summed E-state index contributed by atoms with van der Waals surface area (Å²) in [6.07, 6.45) is 4.20. The predicted octanol–water partition coefficient (Wildman–Crippen LogP) is 1.16. The van der Waals surface area contributed by atoms with Crippen LogP contribution in [0.25, 0.3) is 0 Å². The van der Waals surface area contributed by atoms with Crippen LogP contribution >= 0.6 is 0 Å². The maximum atomic E-state index is 6.05. The van der Waals surface area contributed by atoms with Crippen molar-refractivity contribution in [2.24, 2.45) is 18.7 Å². The minimum Gasteiger partial charge on any atom is -0.368 e. The molecule has 0 spiro atoms. The van der Waals surface area contributed by atoms with Gasteiger partial charge in [-0.1, -0.05) is 13.8 Å². The van der Waals surface area contributed by atoms with Gasteiger partial charge in [0.05, 0.1) is 11.4 Å². The molecule has 16 heavy (non-hydrogen) atoms. The summed E-state index contributed by atoms with van der Waals surface area (Å²) in [5, 5.41) is 4.49. The summed E-state index contributed by atoms with van der Waals surface area (Å²) in [7, 11) is 1.99. The monoisotopic (exact) mass is 222 g/mol. The van der Waals surface area contributed by atoms with Crippen molar-refractivity contribution >= 4 is 5.69 Å². The van der Waals surface area contributed by atoms with Crippen molar-refractivity contribution in [2.45, 2.75) is 32.7 Å². The molecule has 0 saturated carbocycles. The molecule has 2 rings (SSSR count). The van der Waals surface area contributed by atoms with Crippen LogP contribution in [-0.2, 0) is 13.5 Å². The lowest BCUT2D eigenvalue weighted by Gasteiger charge is -2.36. The number of anilines is 1. The molecule has 1 saturated heterocycles. The van der Waals surface area contributed by atoms with Crippen molar-refractivity contribution in [3.63, 3.8) is 0 Å².